The standard InChI is InChI=1S/C23H17BrO2/c1-23(18-14-8-9-15-19(18)24)21(17-12-6-3-7-13-17)20(22(25)26-23)16-10-4-2-5-11-16/h2-15H,1H3. The van der Waals surface area contributed by atoms with E-state index in [2.05, 4.69) is 15.9 Å². The van der Waals surface area contributed by atoms with Gasteiger partial charge in [0.05, 0.1) is 5.57 Å². The Hall–Kier alpha value is -2.65. The Balaban J connectivity index is 2.04. The molecule has 0 fully saturated rings. The molecule has 0 aromatic heterocycles. The van der Waals surface area contributed by atoms with Crippen LogP contribution in [0.15, 0.2) is 89.4 Å². The summed E-state index contributed by atoms with van der Waals surface area (Å²) in [6, 6.07) is 27.6. The molecule has 0 N–H and O–H groups in total. The van der Waals surface area contributed by atoms with Crippen LogP contribution in [0.1, 0.15) is 23.6 Å². The summed E-state index contributed by atoms with van der Waals surface area (Å²) in [7, 11) is 0. The summed E-state index contributed by atoms with van der Waals surface area (Å²) in [5.41, 5.74) is 3.42. The average molecular weight is 405 g/mol. The third-order valence-corrected chi connectivity index (χ3v) is 5.43. The van der Waals surface area contributed by atoms with E-state index in [0.29, 0.717) is 5.57 Å². The van der Waals surface area contributed by atoms with Crippen LogP contribution in [-0.4, -0.2) is 5.97 Å². The maximum atomic E-state index is 13.0. The number of esters is 1. The zero-order valence-corrected chi connectivity index (χ0v) is 15.9. The highest BCUT2D eigenvalue weighted by Crippen LogP contribution is 2.51. The molecular formula is C23H17BrO2. The Bertz CT molecular complexity index is 993. The summed E-state index contributed by atoms with van der Waals surface area (Å²) in [6.07, 6.45) is 0. The van der Waals surface area contributed by atoms with Gasteiger partial charge in [0.2, 0.25) is 0 Å². The van der Waals surface area contributed by atoms with Crippen LogP contribution in [0.5, 0.6) is 0 Å². The molecule has 0 saturated heterocycles. The van der Waals surface area contributed by atoms with Crippen molar-refractivity contribution in [3.8, 4) is 0 Å². The second kappa shape index (κ2) is 6.58. The van der Waals surface area contributed by atoms with Crippen molar-refractivity contribution in [2.45, 2.75) is 12.5 Å². The lowest BCUT2D eigenvalue weighted by Gasteiger charge is -2.28. The van der Waals surface area contributed by atoms with Crippen molar-refractivity contribution in [2.24, 2.45) is 0 Å². The highest BCUT2D eigenvalue weighted by molar-refractivity contribution is 9.10. The molecule has 3 heteroatoms. The van der Waals surface area contributed by atoms with Gasteiger partial charge in [-0.25, -0.2) is 4.79 Å². The van der Waals surface area contributed by atoms with E-state index in [1.54, 1.807) is 0 Å². The molecule has 128 valence electrons. The van der Waals surface area contributed by atoms with E-state index in [9.17, 15) is 4.79 Å². The third-order valence-electron chi connectivity index (χ3n) is 4.74. The lowest BCUT2D eigenvalue weighted by molar-refractivity contribution is -0.143. The molecule has 0 amide bonds. The number of ether oxygens (including phenoxy) is 1. The van der Waals surface area contributed by atoms with E-state index in [4.69, 9.17) is 4.74 Å². The molecule has 3 aromatic rings. The second-order valence-electron chi connectivity index (χ2n) is 6.38. The van der Waals surface area contributed by atoms with Gasteiger partial charge in [-0.2, -0.15) is 0 Å². The fraction of sp³-hybridized carbons (Fsp3) is 0.0870. The van der Waals surface area contributed by atoms with Crippen molar-refractivity contribution >= 4 is 33.0 Å². The molecule has 0 bridgehead atoms. The lowest BCUT2D eigenvalue weighted by Crippen LogP contribution is -2.25. The molecule has 0 spiro atoms. The Morgan fingerprint density at radius 3 is 1.92 bits per heavy atom. The molecule has 3 aromatic carbocycles. The van der Waals surface area contributed by atoms with Crippen molar-refractivity contribution in [1.82, 2.24) is 0 Å². The van der Waals surface area contributed by atoms with Crippen LogP contribution in [0, 0.1) is 0 Å². The first-order valence-corrected chi connectivity index (χ1v) is 9.24. The number of hydrogen-bond acceptors (Lipinski definition) is 2. The van der Waals surface area contributed by atoms with E-state index >= 15 is 0 Å². The minimum atomic E-state index is -0.871. The van der Waals surface area contributed by atoms with Crippen molar-refractivity contribution < 1.29 is 9.53 Å². The van der Waals surface area contributed by atoms with Crippen LogP contribution in [0.4, 0.5) is 0 Å². The van der Waals surface area contributed by atoms with E-state index in [-0.39, 0.29) is 5.97 Å². The highest BCUT2D eigenvalue weighted by atomic mass is 79.9. The molecule has 0 saturated carbocycles. The van der Waals surface area contributed by atoms with Crippen LogP contribution >= 0.6 is 15.9 Å². The first-order valence-electron chi connectivity index (χ1n) is 8.45. The highest BCUT2D eigenvalue weighted by Gasteiger charge is 2.47. The summed E-state index contributed by atoms with van der Waals surface area (Å²) >= 11 is 3.62. The van der Waals surface area contributed by atoms with Crippen molar-refractivity contribution in [2.75, 3.05) is 0 Å². The van der Waals surface area contributed by atoms with E-state index in [0.717, 1.165) is 26.7 Å². The topological polar surface area (TPSA) is 26.3 Å². The number of halogens is 1. The molecule has 26 heavy (non-hydrogen) atoms. The fourth-order valence-electron chi connectivity index (χ4n) is 3.56. The molecular weight excluding hydrogens is 388 g/mol. The first kappa shape index (κ1) is 16.8. The molecule has 0 aliphatic carbocycles. The van der Waals surface area contributed by atoms with Crippen LogP contribution in [0.3, 0.4) is 0 Å². The maximum Gasteiger partial charge on any atom is 0.340 e. The smallest absolute Gasteiger partial charge is 0.340 e. The van der Waals surface area contributed by atoms with Gasteiger partial charge in [0.1, 0.15) is 0 Å². The zero-order chi connectivity index (χ0) is 18.1. The number of hydrogen-bond donors (Lipinski definition) is 0. The van der Waals surface area contributed by atoms with Gasteiger partial charge in [-0.15, -0.1) is 0 Å². The van der Waals surface area contributed by atoms with Gasteiger partial charge < -0.3 is 4.74 Å². The maximum absolute atomic E-state index is 13.0. The summed E-state index contributed by atoms with van der Waals surface area (Å²) in [6.45, 7) is 1.96. The molecule has 1 unspecified atom stereocenters. The van der Waals surface area contributed by atoms with Gasteiger partial charge in [0.25, 0.3) is 0 Å². The molecule has 4 rings (SSSR count). The Morgan fingerprint density at radius 1 is 0.769 bits per heavy atom. The molecule has 1 aliphatic heterocycles. The number of carbonyl (C=O) groups is 1. The van der Waals surface area contributed by atoms with Gasteiger partial charge in [-0.05, 0) is 24.1 Å². The lowest BCUT2D eigenvalue weighted by atomic mass is 9.81. The van der Waals surface area contributed by atoms with Crippen LogP contribution < -0.4 is 0 Å². The molecule has 1 atom stereocenters. The molecule has 1 aliphatic rings. The number of rotatable bonds is 3. The van der Waals surface area contributed by atoms with Crippen LogP contribution in [0.25, 0.3) is 11.1 Å². The fourth-order valence-corrected chi connectivity index (χ4v) is 4.22. The summed E-state index contributed by atoms with van der Waals surface area (Å²) in [5, 5.41) is 0. The monoisotopic (exact) mass is 404 g/mol. The predicted octanol–water partition coefficient (Wildman–Crippen LogP) is 5.83. The number of cyclic esters (lactones) is 1. The summed E-state index contributed by atoms with van der Waals surface area (Å²) < 4.78 is 6.92. The third kappa shape index (κ3) is 2.69. The summed E-state index contributed by atoms with van der Waals surface area (Å²) in [5.74, 6) is -0.298. The van der Waals surface area contributed by atoms with Crippen molar-refractivity contribution in [3.63, 3.8) is 0 Å². The SMILES string of the molecule is CC1(c2ccccc2Br)OC(=O)C(c2ccccc2)=C1c1ccccc1. The minimum absolute atomic E-state index is 0.298. The van der Waals surface area contributed by atoms with Crippen molar-refractivity contribution in [3.05, 3.63) is 106 Å². The average Bonchev–Trinajstić information content (AvgIpc) is 2.94. The Kier molecular flexibility index (Phi) is 4.25. The van der Waals surface area contributed by atoms with Gasteiger partial charge >= 0.3 is 5.97 Å². The van der Waals surface area contributed by atoms with E-state index < -0.39 is 5.60 Å². The molecule has 0 radical (unpaired) electrons. The van der Waals surface area contributed by atoms with Crippen molar-refractivity contribution in [1.29, 1.82) is 0 Å². The quantitative estimate of drug-likeness (QED) is 0.513. The number of benzene rings is 3. The largest absolute Gasteiger partial charge is 0.446 e. The van der Waals surface area contributed by atoms with E-state index in [1.165, 1.54) is 0 Å². The van der Waals surface area contributed by atoms with Gasteiger partial charge in [0.15, 0.2) is 5.60 Å². The normalized spacial score (nSPS) is 19.5. The van der Waals surface area contributed by atoms with Gasteiger partial charge in [0, 0.05) is 15.6 Å². The predicted molar refractivity (Wildman–Crippen MR) is 107 cm³/mol. The first-order chi connectivity index (χ1) is 12.6. The van der Waals surface area contributed by atoms with Crippen LogP contribution in [-0.2, 0) is 15.1 Å². The molecule has 2 nitrogen and oxygen atoms in total. The molecule has 1 heterocycles. The van der Waals surface area contributed by atoms with Gasteiger partial charge in [-0.3, -0.25) is 0 Å². The second-order valence-corrected chi connectivity index (χ2v) is 7.24. The van der Waals surface area contributed by atoms with Crippen LogP contribution in [0.2, 0.25) is 0 Å². The summed E-state index contributed by atoms with van der Waals surface area (Å²) in [4.78, 5) is 13.0. The zero-order valence-electron chi connectivity index (χ0n) is 14.3. The Labute approximate surface area is 161 Å². The Morgan fingerprint density at radius 2 is 1.31 bits per heavy atom. The number of carbonyl (C=O) groups excluding carboxylic acids is 1. The minimum Gasteiger partial charge on any atom is -0.446 e. The van der Waals surface area contributed by atoms with E-state index in [1.807, 2.05) is 91.9 Å². The van der Waals surface area contributed by atoms with Gasteiger partial charge in [-0.1, -0.05) is 94.8 Å².